The van der Waals surface area contributed by atoms with Crippen LogP contribution in [-0.2, 0) is 14.4 Å². The molecule has 2 amide bonds. The molecule has 25 heavy (non-hydrogen) atoms. The Kier molecular flexibility index (Phi) is 5.49. The third-order valence-corrected chi connectivity index (χ3v) is 5.07. The zero-order chi connectivity index (χ0) is 18.0. The average Bonchev–Trinajstić information content (AvgIpc) is 3.10. The number of likely N-dealkylation sites (tertiary alicyclic amines) is 1. The zero-order valence-corrected chi connectivity index (χ0v) is 15.3. The minimum atomic E-state index is -0.730. The molecule has 2 aliphatic heterocycles. The molecule has 0 radical (unpaired) electrons. The molecule has 2 heterocycles. The minimum Gasteiger partial charge on any atom is -0.382 e. The van der Waals surface area contributed by atoms with E-state index < -0.39 is 12.1 Å². The van der Waals surface area contributed by atoms with E-state index in [1.165, 1.54) is 0 Å². The number of oxime groups is 1. The molecule has 1 N–H and O–H groups in total. The minimum absolute atomic E-state index is 0.145. The zero-order valence-electron chi connectivity index (χ0n) is 13.8. The monoisotopic (exact) mass is 383 g/mol. The number of nitrogens with one attached hydrogen (secondary N) is 1. The molecular weight excluding hydrogens is 365 g/mol. The van der Waals surface area contributed by atoms with Gasteiger partial charge in [0.15, 0.2) is 0 Å². The van der Waals surface area contributed by atoms with Crippen LogP contribution in [0.5, 0.6) is 0 Å². The maximum absolute atomic E-state index is 12.8. The smallest absolute Gasteiger partial charge is 0.267 e. The number of rotatable bonds is 3. The summed E-state index contributed by atoms with van der Waals surface area (Å²) in [5.41, 5.74) is 1.30. The third-order valence-electron chi connectivity index (χ3n) is 4.52. The van der Waals surface area contributed by atoms with E-state index in [1.807, 2.05) is 0 Å². The summed E-state index contributed by atoms with van der Waals surface area (Å²) in [6, 6.07) is 4.65. The molecule has 0 spiro atoms. The van der Waals surface area contributed by atoms with Crippen molar-refractivity contribution in [2.75, 3.05) is 13.6 Å². The maximum atomic E-state index is 12.8. The number of carbonyl (C=O) groups is 2. The fourth-order valence-corrected chi connectivity index (χ4v) is 3.73. The van der Waals surface area contributed by atoms with Crippen molar-refractivity contribution in [2.24, 2.45) is 5.16 Å². The second-order valence-electron chi connectivity index (χ2n) is 6.12. The standard InChI is InChI=1S/C17H19Cl2N3O3/c1-20-16(23)14-4-2-3-7-22(14)17(24)15-9-13(21-25-15)11-6-5-10(18)8-12(11)19/h5-6,8,14-15H,2-4,7,9H2,1H3,(H,20,23)/t14-,15-/m1/s1. The van der Waals surface area contributed by atoms with Gasteiger partial charge in [-0.25, -0.2) is 0 Å². The summed E-state index contributed by atoms with van der Waals surface area (Å²) in [5, 5.41) is 7.64. The number of carbonyl (C=O) groups excluding carboxylic acids is 2. The van der Waals surface area contributed by atoms with E-state index >= 15 is 0 Å². The molecule has 0 aromatic heterocycles. The van der Waals surface area contributed by atoms with Gasteiger partial charge in [-0.1, -0.05) is 34.4 Å². The number of piperidine rings is 1. The lowest BCUT2D eigenvalue weighted by Gasteiger charge is -2.35. The lowest BCUT2D eigenvalue weighted by molar-refractivity contribution is -0.150. The number of hydrogen-bond acceptors (Lipinski definition) is 4. The van der Waals surface area contributed by atoms with E-state index in [0.717, 1.165) is 12.8 Å². The second-order valence-corrected chi connectivity index (χ2v) is 6.96. The molecule has 1 aromatic carbocycles. The summed E-state index contributed by atoms with van der Waals surface area (Å²) in [7, 11) is 1.58. The Bertz CT molecular complexity index is 723. The number of amides is 2. The van der Waals surface area contributed by atoms with E-state index in [2.05, 4.69) is 10.5 Å². The van der Waals surface area contributed by atoms with E-state index in [0.29, 0.717) is 40.7 Å². The van der Waals surface area contributed by atoms with Gasteiger partial charge in [-0.2, -0.15) is 0 Å². The first-order valence-electron chi connectivity index (χ1n) is 8.21. The van der Waals surface area contributed by atoms with Crippen LogP contribution < -0.4 is 5.32 Å². The predicted octanol–water partition coefficient (Wildman–Crippen LogP) is 2.61. The van der Waals surface area contributed by atoms with Crippen molar-refractivity contribution in [2.45, 2.75) is 37.8 Å². The summed E-state index contributed by atoms with van der Waals surface area (Å²) in [6.45, 7) is 0.549. The summed E-state index contributed by atoms with van der Waals surface area (Å²) >= 11 is 12.1. The average molecular weight is 384 g/mol. The fourth-order valence-electron chi connectivity index (χ4n) is 3.21. The molecule has 6 nitrogen and oxygen atoms in total. The number of benzene rings is 1. The first kappa shape index (κ1) is 18.0. The first-order chi connectivity index (χ1) is 12.0. The Morgan fingerprint density at radius 3 is 2.84 bits per heavy atom. The van der Waals surface area contributed by atoms with Gasteiger partial charge in [0.05, 0.1) is 10.7 Å². The Hall–Kier alpha value is -1.79. The Morgan fingerprint density at radius 2 is 2.12 bits per heavy atom. The lowest BCUT2D eigenvalue weighted by atomic mass is 9.99. The number of nitrogens with zero attached hydrogens (tertiary/aromatic N) is 2. The number of likely N-dealkylation sites (N-methyl/N-ethyl adjacent to an activating group) is 1. The SMILES string of the molecule is CNC(=O)[C@H]1CCCCN1C(=O)[C@H]1CC(c2ccc(Cl)cc2Cl)=NO1. The molecule has 2 aliphatic rings. The highest BCUT2D eigenvalue weighted by atomic mass is 35.5. The molecule has 1 saturated heterocycles. The van der Waals surface area contributed by atoms with Crippen molar-refractivity contribution in [3.8, 4) is 0 Å². The lowest BCUT2D eigenvalue weighted by Crippen LogP contribution is -2.54. The summed E-state index contributed by atoms with van der Waals surface area (Å²) in [5.74, 6) is -0.356. The predicted molar refractivity (Wildman–Crippen MR) is 95.9 cm³/mol. The van der Waals surface area contributed by atoms with Crippen molar-refractivity contribution < 1.29 is 14.4 Å². The summed E-state index contributed by atoms with van der Waals surface area (Å²) < 4.78 is 0. The molecule has 134 valence electrons. The van der Waals surface area contributed by atoms with Crippen molar-refractivity contribution in [1.82, 2.24) is 10.2 Å². The summed E-state index contributed by atoms with van der Waals surface area (Å²) in [4.78, 5) is 31.9. The first-order valence-corrected chi connectivity index (χ1v) is 8.97. The van der Waals surface area contributed by atoms with Crippen LogP contribution in [-0.4, -0.2) is 48.2 Å². The summed E-state index contributed by atoms with van der Waals surface area (Å²) in [6.07, 6.45) is 2.05. The van der Waals surface area contributed by atoms with Crippen molar-refractivity contribution in [3.63, 3.8) is 0 Å². The highest BCUT2D eigenvalue weighted by molar-refractivity contribution is 6.37. The van der Waals surface area contributed by atoms with Crippen LogP contribution in [0.1, 0.15) is 31.2 Å². The molecule has 8 heteroatoms. The Balaban J connectivity index is 1.71. The molecule has 2 atom stereocenters. The van der Waals surface area contributed by atoms with Crippen molar-refractivity contribution in [3.05, 3.63) is 33.8 Å². The van der Waals surface area contributed by atoms with E-state index in [9.17, 15) is 9.59 Å². The molecule has 0 saturated carbocycles. The van der Waals surface area contributed by atoms with Crippen molar-refractivity contribution in [1.29, 1.82) is 0 Å². The maximum Gasteiger partial charge on any atom is 0.267 e. The van der Waals surface area contributed by atoms with Crippen LogP contribution in [0.15, 0.2) is 23.4 Å². The van der Waals surface area contributed by atoms with Gasteiger partial charge in [-0.05, 0) is 31.4 Å². The number of halogens is 2. The normalized spacial score (nSPS) is 23.0. The molecule has 3 rings (SSSR count). The molecule has 0 unspecified atom stereocenters. The van der Waals surface area contributed by atoms with E-state index in [4.69, 9.17) is 28.0 Å². The van der Waals surface area contributed by atoms with E-state index in [1.54, 1.807) is 30.1 Å². The van der Waals surface area contributed by atoms with Gasteiger partial charge in [0.1, 0.15) is 6.04 Å². The highest BCUT2D eigenvalue weighted by Crippen LogP contribution is 2.28. The van der Waals surface area contributed by atoms with Gasteiger partial charge in [-0.15, -0.1) is 0 Å². The molecule has 0 bridgehead atoms. The number of hydrogen-bond donors (Lipinski definition) is 1. The molecule has 0 aliphatic carbocycles. The van der Waals surface area contributed by atoms with Crippen LogP contribution in [0.2, 0.25) is 10.0 Å². The van der Waals surface area contributed by atoms with Crippen LogP contribution in [0.25, 0.3) is 0 Å². The molecule has 1 fully saturated rings. The van der Waals surface area contributed by atoms with E-state index in [-0.39, 0.29) is 11.8 Å². The van der Waals surface area contributed by atoms with Crippen molar-refractivity contribution >= 4 is 40.7 Å². The largest absolute Gasteiger partial charge is 0.382 e. The van der Waals surface area contributed by atoms with Gasteiger partial charge >= 0.3 is 0 Å². The van der Waals surface area contributed by atoms with Crippen LogP contribution >= 0.6 is 23.2 Å². The van der Waals surface area contributed by atoms with Gasteiger partial charge in [0.2, 0.25) is 12.0 Å². The fraction of sp³-hybridized carbons (Fsp3) is 0.471. The van der Waals surface area contributed by atoms with Gasteiger partial charge in [0.25, 0.3) is 5.91 Å². The van der Waals surface area contributed by atoms with Crippen LogP contribution in [0.4, 0.5) is 0 Å². The van der Waals surface area contributed by atoms with Gasteiger partial charge in [-0.3, -0.25) is 9.59 Å². The molecule has 1 aromatic rings. The third kappa shape index (κ3) is 3.75. The molecular formula is C17H19Cl2N3O3. The second kappa shape index (κ2) is 7.62. The van der Waals surface area contributed by atoms with Crippen LogP contribution in [0.3, 0.4) is 0 Å². The Labute approximate surface area is 156 Å². The van der Waals surface area contributed by atoms with Crippen LogP contribution in [0, 0.1) is 0 Å². The highest BCUT2D eigenvalue weighted by Gasteiger charge is 2.38. The van der Waals surface area contributed by atoms with Gasteiger partial charge in [0, 0.05) is 30.6 Å². The quantitative estimate of drug-likeness (QED) is 0.871. The topological polar surface area (TPSA) is 71.0 Å². The Morgan fingerprint density at radius 1 is 1.32 bits per heavy atom. The van der Waals surface area contributed by atoms with Gasteiger partial charge < -0.3 is 15.1 Å².